The normalized spacial score (nSPS) is 17.9. The van der Waals surface area contributed by atoms with Gasteiger partial charge in [-0.2, -0.15) is 0 Å². The van der Waals surface area contributed by atoms with Gasteiger partial charge in [0.1, 0.15) is 0 Å². The molecule has 0 aliphatic heterocycles. The molecule has 86 valence electrons. The molecule has 0 heterocycles. The van der Waals surface area contributed by atoms with Gasteiger partial charge in [-0.25, -0.2) is 0 Å². The predicted octanol–water partition coefficient (Wildman–Crippen LogP) is 0.272. The molecular formula is C10H17NO4. The smallest absolute Gasteiger partial charge is 0.303 e. The zero-order chi connectivity index (χ0) is 11.3. The maximum Gasteiger partial charge on any atom is 0.303 e. The number of aliphatic hydroxyl groups is 1. The molecule has 1 aliphatic carbocycles. The van der Waals surface area contributed by atoms with E-state index >= 15 is 0 Å². The molecule has 1 fully saturated rings. The fraction of sp³-hybridized carbons (Fsp3) is 0.800. The van der Waals surface area contributed by atoms with Crippen LogP contribution in [-0.2, 0) is 9.59 Å². The second-order valence-corrected chi connectivity index (χ2v) is 4.09. The van der Waals surface area contributed by atoms with E-state index in [1.807, 2.05) is 0 Å². The van der Waals surface area contributed by atoms with E-state index in [0.717, 1.165) is 19.3 Å². The van der Waals surface area contributed by atoms with Gasteiger partial charge in [-0.15, -0.1) is 0 Å². The Morgan fingerprint density at radius 3 is 2.33 bits per heavy atom. The number of carboxylic acid groups (broad SMARTS) is 1. The standard InChI is InChI=1S/C10H17NO4/c12-7-10(5-2-6-10)11-8(13)3-1-4-9(14)15/h12H,1-7H2,(H,11,13)(H,14,15). The van der Waals surface area contributed by atoms with Crippen molar-refractivity contribution in [2.45, 2.75) is 44.1 Å². The lowest BCUT2D eigenvalue weighted by atomic mass is 9.77. The first-order valence-electron chi connectivity index (χ1n) is 5.22. The summed E-state index contributed by atoms with van der Waals surface area (Å²) in [5, 5.41) is 20.3. The number of aliphatic hydroxyl groups excluding tert-OH is 1. The van der Waals surface area contributed by atoms with Crippen LogP contribution in [0.2, 0.25) is 0 Å². The summed E-state index contributed by atoms with van der Waals surface area (Å²) < 4.78 is 0. The van der Waals surface area contributed by atoms with Crippen LogP contribution in [0.25, 0.3) is 0 Å². The van der Waals surface area contributed by atoms with E-state index in [1.54, 1.807) is 0 Å². The van der Waals surface area contributed by atoms with Gasteiger partial charge in [0.2, 0.25) is 5.91 Å². The number of amides is 1. The highest BCUT2D eigenvalue weighted by Crippen LogP contribution is 2.31. The summed E-state index contributed by atoms with van der Waals surface area (Å²) >= 11 is 0. The fourth-order valence-corrected chi connectivity index (χ4v) is 1.68. The van der Waals surface area contributed by atoms with Crippen LogP contribution in [0.1, 0.15) is 38.5 Å². The average molecular weight is 215 g/mol. The summed E-state index contributed by atoms with van der Waals surface area (Å²) in [5.74, 6) is -1.05. The minimum atomic E-state index is -0.886. The minimum absolute atomic E-state index is 0.0134. The van der Waals surface area contributed by atoms with E-state index in [2.05, 4.69) is 5.32 Å². The zero-order valence-electron chi connectivity index (χ0n) is 8.66. The number of carbonyl (C=O) groups is 2. The first-order chi connectivity index (χ1) is 7.08. The Bertz CT molecular complexity index is 242. The summed E-state index contributed by atoms with van der Waals surface area (Å²) in [4.78, 5) is 21.6. The molecule has 0 saturated heterocycles. The second kappa shape index (κ2) is 5.11. The summed E-state index contributed by atoms with van der Waals surface area (Å²) in [5.41, 5.74) is -0.416. The number of hydrogen-bond donors (Lipinski definition) is 3. The van der Waals surface area contributed by atoms with Crippen LogP contribution in [-0.4, -0.2) is 34.2 Å². The molecule has 0 aromatic heterocycles. The topological polar surface area (TPSA) is 86.6 Å². The number of rotatable bonds is 6. The maximum absolute atomic E-state index is 11.4. The summed E-state index contributed by atoms with van der Waals surface area (Å²) in [6.07, 6.45) is 3.23. The SMILES string of the molecule is O=C(O)CCCC(=O)NC1(CO)CCC1. The second-order valence-electron chi connectivity index (χ2n) is 4.09. The van der Waals surface area contributed by atoms with Gasteiger partial charge in [0.15, 0.2) is 0 Å². The van der Waals surface area contributed by atoms with Gasteiger partial charge in [0.05, 0.1) is 12.1 Å². The van der Waals surface area contributed by atoms with Crippen molar-refractivity contribution in [1.82, 2.24) is 5.32 Å². The zero-order valence-corrected chi connectivity index (χ0v) is 8.66. The molecule has 1 saturated carbocycles. The highest BCUT2D eigenvalue weighted by molar-refractivity contribution is 5.77. The molecule has 1 rings (SSSR count). The fourth-order valence-electron chi connectivity index (χ4n) is 1.68. The molecule has 0 aromatic rings. The third-order valence-electron chi connectivity index (χ3n) is 2.81. The molecule has 3 N–H and O–H groups in total. The average Bonchev–Trinajstić information content (AvgIpc) is 2.11. The van der Waals surface area contributed by atoms with Crippen LogP contribution in [0.5, 0.6) is 0 Å². The van der Waals surface area contributed by atoms with Crippen molar-refractivity contribution < 1.29 is 19.8 Å². The van der Waals surface area contributed by atoms with E-state index in [-0.39, 0.29) is 25.4 Å². The third kappa shape index (κ3) is 3.51. The van der Waals surface area contributed by atoms with Gasteiger partial charge in [-0.1, -0.05) is 0 Å². The van der Waals surface area contributed by atoms with Crippen molar-refractivity contribution >= 4 is 11.9 Å². The Morgan fingerprint density at radius 2 is 1.93 bits per heavy atom. The molecule has 0 spiro atoms. The molecule has 1 amide bonds. The summed E-state index contributed by atoms with van der Waals surface area (Å²) in [6, 6.07) is 0. The predicted molar refractivity (Wildman–Crippen MR) is 53.3 cm³/mol. The van der Waals surface area contributed by atoms with E-state index in [0.29, 0.717) is 6.42 Å². The lowest BCUT2D eigenvalue weighted by molar-refractivity contribution is -0.137. The van der Waals surface area contributed by atoms with Gasteiger partial charge >= 0.3 is 5.97 Å². The minimum Gasteiger partial charge on any atom is -0.481 e. The van der Waals surface area contributed by atoms with Crippen LogP contribution < -0.4 is 5.32 Å². The van der Waals surface area contributed by atoms with Crippen LogP contribution in [0.3, 0.4) is 0 Å². The highest BCUT2D eigenvalue weighted by atomic mass is 16.4. The van der Waals surface area contributed by atoms with Crippen molar-refractivity contribution in [3.63, 3.8) is 0 Å². The van der Waals surface area contributed by atoms with Gasteiger partial charge in [0.25, 0.3) is 0 Å². The maximum atomic E-state index is 11.4. The van der Waals surface area contributed by atoms with Crippen LogP contribution in [0, 0.1) is 0 Å². The van der Waals surface area contributed by atoms with E-state index < -0.39 is 11.5 Å². The number of carboxylic acids is 1. The quantitative estimate of drug-likeness (QED) is 0.593. The number of nitrogens with one attached hydrogen (secondary N) is 1. The third-order valence-corrected chi connectivity index (χ3v) is 2.81. The van der Waals surface area contributed by atoms with Gasteiger partial charge < -0.3 is 15.5 Å². The molecular weight excluding hydrogens is 198 g/mol. The molecule has 5 heteroatoms. The Morgan fingerprint density at radius 1 is 1.27 bits per heavy atom. The van der Waals surface area contributed by atoms with E-state index in [9.17, 15) is 9.59 Å². The Labute approximate surface area is 88.5 Å². The number of carbonyl (C=O) groups excluding carboxylic acids is 1. The van der Waals surface area contributed by atoms with Gasteiger partial charge in [0, 0.05) is 12.8 Å². The van der Waals surface area contributed by atoms with E-state index in [4.69, 9.17) is 10.2 Å². The molecule has 0 radical (unpaired) electrons. The van der Waals surface area contributed by atoms with E-state index in [1.165, 1.54) is 0 Å². The molecule has 0 aromatic carbocycles. The van der Waals surface area contributed by atoms with Crippen molar-refractivity contribution in [2.24, 2.45) is 0 Å². The van der Waals surface area contributed by atoms with Crippen LogP contribution in [0.15, 0.2) is 0 Å². The Kier molecular flexibility index (Phi) is 4.08. The molecule has 1 aliphatic rings. The number of hydrogen-bond acceptors (Lipinski definition) is 3. The number of aliphatic carboxylic acids is 1. The molecule has 0 bridgehead atoms. The van der Waals surface area contributed by atoms with Gasteiger partial charge in [-0.05, 0) is 25.7 Å². The Balaban J connectivity index is 2.20. The Hall–Kier alpha value is -1.10. The highest BCUT2D eigenvalue weighted by Gasteiger charge is 2.37. The van der Waals surface area contributed by atoms with Crippen LogP contribution >= 0.6 is 0 Å². The summed E-state index contributed by atoms with van der Waals surface area (Å²) in [6.45, 7) is -0.0301. The monoisotopic (exact) mass is 215 g/mol. The largest absolute Gasteiger partial charge is 0.481 e. The summed E-state index contributed by atoms with van der Waals surface area (Å²) in [7, 11) is 0. The van der Waals surface area contributed by atoms with Crippen LogP contribution in [0.4, 0.5) is 0 Å². The van der Waals surface area contributed by atoms with Crippen molar-refractivity contribution in [2.75, 3.05) is 6.61 Å². The molecule has 15 heavy (non-hydrogen) atoms. The lowest BCUT2D eigenvalue weighted by Gasteiger charge is -2.41. The van der Waals surface area contributed by atoms with Crippen molar-refractivity contribution in [3.05, 3.63) is 0 Å². The molecule has 0 unspecified atom stereocenters. The first kappa shape index (κ1) is 12.0. The van der Waals surface area contributed by atoms with Gasteiger partial charge in [-0.3, -0.25) is 9.59 Å². The molecule has 0 atom stereocenters. The van der Waals surface area contributed by atoms with Crippen molar-refractivity contribution in [3.8, 4) is 0 Å². The van der Waals surface area contributed by atoms with Crippen molar-refractivity contribution in [1.29, 1.82) is 0 Å². The lowest BCUT2D eigenvalue weighted by Crippen LogP contribution is -2.56. The molecule has 5 nitrogen and oxygen atoms in total. The first-order valence-corrected chi connectivity index (χ1v) is 5.22.